The molecule has 3 rings (SSSR count). The minimum atomic E-state index is -0.843. The van der Waals surface area contributed by atoms with Crippen molar-refractivity contribution in [3.63, 3.8) is 0 Å². The Bertz CT molecular complexity index is 1050. The van der Waals surface area contributed by atoms with Crippen molar-refractivity contribution >= 4 is 34.9 Å². The Balaban J connectivity index is 2.11. The maximum absolute atomic E-state index is 14.2. The predicted octanol–water partition coefficient (Wildman–Crippen LogP) is 2.86. The van der Waals surface area contributed by atoms with Gasteiger partial charge in [-0.1, -0.05) is 0 Å². The van der Waals surface area contributed by atoms with Gasteiger partial charge in [-0.15, -0.1) is 11.3 Å². The second-order valence-corrected chi connectivity index (χ2v) is 6.95. The van der Waals surface area contributed by atoms with Gasteiger partial charge >= 0.3 is 17.9 Å². The van der Waals surface area contributed by atoms with Gasteiger partial charge in [-0.05, 0) is 23.6 Å². The van der Waals surface area contributed by atoms with Gasteiger partial charge in [0.05, 0.1) is 39.2 Å². The molecule has 0 unspecified atom stereocenters. The average Bonchev–Trinajstić information content (AvgIpc) is 3.26. The number of halogens is 1. The lowest BCUT2D eigenvalue weighted by atomic mass is 10.1. The van der Waals surface area contributed by atoms with Crippen LogP contribution in [0, 0.1) is 5.82 Å². The monoisotopic (exact) mass is 451 g/mol. The number of nitrogens with zero attached hydrogens (tertiary/aromatic N) is 1. The van der Waals surface area contributed by atoms with Crippen molar-refractivity contribution in [2.24, 2.45) is 0 Å². The van der Waals surface area contributed by atoms with Gasteiger partial charge in [-0.2, -0.15) is 0 Å². The quantitative estimate of drug-likeness (QED) is 0.485. The number of carbonyl (C=O) groups excluding carboxylic acids is 3. The van der Waals surface area contributed by atoms with Crippen LogP contribution in [0.2, 0.25) is 0 Å². The molecular weight excluding hydrogens is 433 g/mol. The number of rotatable bonds is 6. The average molecular weight is 451 g/mol. The summed E-state index contributed by atoms with van der Waals surface area (Å²) in [6.45, 7) is -0.394. The molecule has 0 spiro atoms. The van der Waals surface area contributed by atoms with Crippen LogP contribution >= 0.6 is 11.3 Å². The van der Waals surface area contributed by atoms with Crippen LogP contribution in [-0.2, 0) is 28.5 Å². The van der Waals surface area contributed by atoms with Gasteiger partial charge in [0.1, 0.15) is 18.2 Å². The first-order valence-corrected chi connectivity index (χ1v) is 9.67. The predicted molar refractivity (Wildman–Crippen MR) is 106 cm³/mol. The maximum atomic E-state index is 14.2. The van der Waals surface area contributed by atoms with Crippen LogP contribution in [0.3, 0.4) is 0 Å². The zero-order valence-corrected chi connectivity index (χ0v) is 17.6. The van der Waals surface area contributed by atoms with Gasteiger partial charge in [-0.3, -0.25) is 0 Å². The molecule has 0 fully saturated rings. The lowest BCUT2D eigenvalue weighted by Crippen LogP contribution is -2.39. The van der Waals surface area contributed by atoms with Crippen LogP contribution in [0.25, 0.3) is 0 Å². The molecule has 11 heteroatoms. The molecule has 1 aliphatic heterocycles. The van der Waals surface area contributed by atoms with E-state index in [9.17, 15) is 18.8 Å². The van der Waals surface area contributed by atoms with Crippen LogP contribution in [0.1, 0.15) is 9.67 Å². The standard InChI is InChI=1S/C20H18FNO8S/c1-26-18(23)12-9-29-10-22(16(12)19(24)27-2)13-8-11(21)4-5-14(13)30-15-6-7-31-17(15)20(25)28-3/h4-8H,9-10H2,1-3H3. The number of anilines is 1. The van der Waals surface area contributed by atoms with E-state index in [1.807, 2.05) is 0 Å². The third kappa shape index (κ3) is 4.52. The van der Waals surface area contributed by atoms with Crippen molar-refractivity contribution in [2.45, 2.75) is 0 Å². The minimum Gasteiger partial charge on any atom is -0.466 e. The molecule has 0 bridgehead atoms. The molecule has 0 radical (unpaired) electrons. The number of ether oxygens (including phenoxy) is 5. The Morgan fingerprint density at radius 1 is 1.00 bits per heavy atom. The lowest BCUT2D eigenvalue weighted by molar-refractivity contribution is -0.140. The highest BCUT2D eigenvalue weighted by Gasteiger charge is 2.34. The van der Waals surface area contributed by atoms with Crippen molar-refractivity contribution in [3.05, 3.63) is 51.6 Å². The Morgan fingerprint density at radius 2 is 1.71 bits per heavy atom. The molecule has 164 valence electrons. The third-order valence-electron chi connectivity index (χ3n) is 4.26. The summed E-state index contributed by atoms with van der Waals surface area (Å²) in [7, 11) is 3.54. The van der Waals surface area contributed by atoms with Gasteiger partial charge in [0.25, 0.3) is 0 Å². The fourth-order valence-electron chi connectivity index (χ4n) is 2.86. The fourth-order valence-corrected chi connectivity index (χ4v) is 3.59. The molecule has 0 aliphatic carbocycles. The van der Waals surface area contributed by atoms with E-state index < -0.39 is 23.7 Å². The highest BCUT2D eigenvalue weighted by Crippen LogP contribution is 2.39. The van der Waals surface area contributed by atoms with Gasteiger partial charge in [0.15, 0.2) is 16.4 Å². The number of esters is 3. The van der Waals surface area contributed by atoms with Gasteiger partial charge in [0, 0.05) is 6.07 Å². The van der Waals surface area contributed by atoms with E-state index >= 15 is 0 Å². The highest BCUT2D eigenvalue weighted by atomic mass is 32.1. The van der Waals surface area contributed by atoms with Crippen molar-refractivity contribution in [3.8, 4) is 11.5 Å². The van der Waals surface area contributed by atoms with Crippen LogP contribution in [-0.4, -0.2) is 52.6 Å². The van der Waals surface area contributed by atoms with Gasteiger partial charge < -0.3 is 28.6 Å². The molecule has 0 saturated heterocycles. The van der Waals surface area contributed by atoms with E-state index in [1.165, 1.54) is 18.1 Å². The number of methoxy groups -OCH3 is 3. The number of thiophene rings is 1. The van der Waals surface area contributed by atoms with Crippen LogP contribution < -0.4 is 9.64 Å². The number of carbonyl (C=O) groups is 3. The van der Waals surface area contributed by atoms with Gasteiger partial charge in [0.2, 0.25) is 0 Å². The normalized spacial score (nSPS) is 13.6. The Labute approximate surface area is 180 Å². The molecule has 0 amide bonds. The van der Waals surface area contributed by atoms with Crippen molar-refractivity contribution in [2.75, 3.05) is 39.6 Å². The summed E-state index contributed by atoms with van der Waals surface area (Å²) in [5.74, 6) is -2.59. The SMILES string of the molecule is COC(=O)C1=C(C(=O)OC)N(c2cc(F)ccc2Oc2ccsc2C(=O)OC)COC1. The summed E-state index contributed by atoms with van der Waals surface area (Å²) < 4.78 is 39.7. The molecular formula is C20H18FNO8S. The zero-order chi connectivity index (χ0) is 22.5. The van der Waals surface area contributed by atoms with Crippen molar-refractivity contribution in [1.29, 1.82) is 0 Å². The first kappa shape index (κ1) is 22.2. The van der Waals surface area contributed by atoms with Gasteiger partial charge in [-0.25, -0.2) is 18.8 Å². The van der Waals surface area contributed by atoms with Crippen molar-refractivity contribution < 1.29 is 42.5 Å². The molecule has 0 atom stereocenters. The number of benzene rings is 1. The molecule has 1 aromatic heterocycles. The topological polar surface area (TPSA) is 101 Å². The summed E-state index contributed by atoms with van der Waals surface area (Å²) >= 11 is 1.11. The molecule has 1 aliphatic rings. The third-order valence-corrected chi connectivity index (χ3v) is 5.14. The fraction of sp³-hybridized carbons (Fsp3) is 0.250. The van der Waals surface area contributed by atoms with E-state index in [1.54, 1.807) is 11.4 Å². The Hall–Kier alpha value is -3.44. The van der Waals surface area contributed by atoms with Crippen LogP contribution in [0.4, 0.5) is 10.1 Å². The van der Waals surface area contributed by atoms with E-state index in [0.717, 1.165) is 37.7 Å². The zero-order valence-electron chi connectivity index (χ0n) is 16.8. The maximum Gasteiger partial charge on any atom is 0.355 e. The summed E-state index contributed by atoms with van der Waals surface area (Å²) in [4.78, 5) is 38.1. The summed E-state index contributed by atoms with van der Waals surface area (Å²) in [6, 6.07) is 5.13. The summed E-state index contributed by atoms with van der Waals surface area (Å²) in [5, 5.41) is 1.63. The largest absolute Gasteiger partial charge is 0.466 e. The Kier molecular flexibility index (Phi) is 6.88. The summed E-state index contributed by atoms with van der Waals surface area (Å²) in [6.07, 6.45) is 0. The molecule has 2 heterocycles. The highest BCUT2D eigenvalue weighted by molar-refractivity contribution is 7.12. The van der Waals surface area contributed by atoms with Crippen molar-refractivity contribution in [1.82, 2.24) is 0 Å². The first-order valence-electron chi connectivity index (χ1n) is 8.79. The molecule has 0 saturated carbocycles. The van der Waals surface area contributed by atoms with E-state index in [-0.39, 0.29) is 46.7 Å². The number of hydrogen-bond donors (Lipinski definition) is 0. The van der Waals surface area contributed by atoms with E-state index in [0.29, 0.717) is 0 Å². The first-order chi connectivity index (χ1) is 14.9. The molecule has 1 aromatic carbocycles. The summed E-state index contributed by atoms with van der Waals surface area (Å²) in [5.41, 5.74) is -0.195. The number of hydrogen-bond acceptors (Lipinski definition) is 10. The molecule has 31 heavy (non-hydrogen) atoms. The molecule has 9 nitrogen and oxygen atoms in total. The lowest BCUT2D eigenvalue weighted by Gasteiger charge is -2.32. The second kappa shape index (κ2) is 9.58. The van der Waals surface area contributed by atoms with Crippen LogP contribution in [0.15, 0.2) is 40.9 Å². The molecule has 0 N–H and O–H groups in total. The molecule has 2 aromatic rings. The minimum absolute atomic E-state index is 0.0727. The Morgan fingerprint density at radius 3 is 2.39 bits per heavy atom. The second-order valence-electron chi connectivity index (χ2n) is 6.04. The van der Waals surface area contributed by atoms with E-state index in [2.05, 4.69) is 0 Å². The van der Waals surface area contributed by atoms with E-state index in [4.69, 9.17) is 23.7 Å². The van der Waals surface area contributed by atoms with Crippen LogP contribution in [0.5, 0.6) is 11.5 Å². The smallest absolute Gasteiger partial charge is 0.355 e.